The molecule has 0 saturated carbocycles. The van der Waals surface area contributed by atoms with Gasteiger partial charge in [0.25, 0.3) is 0 Å². The number of rotatable bonds is 2. The van der Waals surface area contributed by atoms with Gasteiger partial charge in [-0.15, -0.1) is 0 Å². The molecule has 3 rings (SSSR count). The van der Waals surface area contributed by atoms with Crippen molar-refractivity contribution in [3.63, 3.8) is 0 Å². The first-order valence-corrected chi connectivity index (χ1v) is 6.94. The Hall–Kier alpha value is -1.89. The van der Waals surface area contributed by atoms with Crippen LogP contribution in [0.4, 0.5) is 4.39 Å². The van der Waals surface area contributed by atoms with Crippen molar-refractivity contribution in [1.82, 2.24) is 4.57 Å². The summed E-state index contributed by atoms with van der Waals surface area (Å²) in [5.41, 5.74) is 1.45. The number of benzene rings is 2. The van der Waals surface area contributed by atoms with Crippen molar-refractivity contribution >= 4 is 39.5 Å². The van der Waals surface area contributed by atoms with E-state index in [0.717, 1.165) is 14.5 Å². The Morgan fingerprint density at radius 3 is 2.70 bits per heavy atom. The zero-order valence-electron chi connectivity index (χ0n) is 10.2. The summed E-state index contributed by atoms with van der Waals surface area (Å²) in [4.78, 5) is 11.0. The van der Waals surface area contributed by atoms with Gasteiger partial charge in [0, 0.05) is 15.2 Å². The molecule has 1 aromatic heterocycles. The second kappa shape index (κ2) is 4.90. The number of carbonyl (C=O) groups is 1. The first-order valence-electron chi connectivity index (χ1n) is 5.86. The summed E-state index contributed by atoms with van der Waals surface area (Å²) in [7, 11) is 0. The molecule has 0 unspecified atom stereocenters. The molecule has 0 aliphatic rings. The summed E-state index contributed by atoms with van der Waals surface area (Å²) in [6, 6.07) is 11.5. The van der Waals surface area contributed by atoms with E-state index in [2.05, 4.69) is 22.6 Å². The summed E-state index contributed by atoms with van der Waals surface area (Å²) in [6.07, 6.45) is 1.74. The van der Waals surface area contributed by atoms with Crippen LogP contribution in [-0.2, 0) is 0 Å². The number of aromatic nitrogens is 1. The molecule has 20 heavy (non-hydrogen) atoms. The first-order chi connectivity index (χ1) is 9.56. The van der Waals surface area contributed by atoms with Crippen molar-refractivity contribution in [1.29, 1.82) is 0 Å². The molecule has 0 atom stereocenters. The van der Waals surface area contributed by atoms with Crippen molar-refractivity contribution < 1.29 is 14.3 Å². The molecule has 0 aliphatic carbocycles. The number of hydrogen-bond donors (Lipinski definition) is 1. The number of carboxylic acid groups (broad SMARTS) is 1. The third-order valence-electron chi connectivity index (χ3n) is 3.10. The van der Waals surface area contributed by atoms with Crippen molar-refractivity contribution in [3.05, 3.63) is 63.6 Å². The van der Waals surface area contributed by atoms with E-state index in [1.54, 1.807) is 41.1 Å². The largest absolute Gasteiger partial charge is 0.478 e. The van der Waals surface area contributed by atoms with Crippen LogP contribution in [0.2, 0.25) is 0 Å². The molecular formula is C15H9FINO2. The van der Waals surface area contributed by atoms with E-state index >= 15 is 0 Å². The van der Waals surface area contributed by atoms with Crippen LogP contribution in [0.25, 0.3) is 16.6 Å². The fourth-order valence-corrected chi connectivity index (χ4v) is 2.63. The van der Waals surface area contributed by atoms with Gasteiger partial charge in [0.2, 0.25) is 0 Å². The Morgan fingerprint density at radius 2 is 1.95 bits per heavy atom. The van der Waals surface area contributed by atoms with E-state index in [-0.39, 0.29) is 11.4 Å². The van der Waals surface area contributed by atoms with Gasteiger partial charge in [-0.05, 0) is 65.1 Å². The molecule has 5 heteroatoms. The van der Waals surface area contributed by atoms with Gasteiger partial charge >= 0.3 is 5.97 Å². The second-order valence-electron chi connectivity index (χ2n) is 4.36. The molecule has 0 saturated heterocycles. The molecule has 3 nitrogen and oxygen atoms in total. The molecule has 0 bridgehead atoms. The molecule has 0 aliphatic heterocycles. The molecule has 0 fully saturated rings. The van der Waals surface area contributed by atoms with Crippen LogP contribution in [-0.4, -0.2) is 15.6 Å². The van der Waals surface area contributed by atoms with Crippen molar-refractivity contribution in [2.24, 2.45) is 0 Å². The van der Waals surface area contributed by atoms with E-state index in [9.17, 15) is 9.18 Å². The Morgan fingerprint density at radius 1 is 1.15 bits per heavy atom. The van der Waals surface area contributed by atoms with Gasteiger partial charge in [-0.3, -0.25) is 0 Å². The fraction of sp³-hybridized carbons (Fsp3) is 0. The lowest BCUT2D eigenvalue weighted by Gasteiger charge is -2.07. The normalized spacial score (nSPS) is 10.9. The van der Waals surface area contributed by atoms with Gasteiger partial charge < -0.3 is 9.67 Å². The molecule has 1 heterocycles. The van der Waals surface area contributed by atoms with Crippen molar-refractivity contribution in [2.75, 3.05) is 0 Å². The van der Waals surface area contributed by atoms with Crippen LogP contribution in [0.15, 0.2) is 48.7 Å². The molecule has 1 N–H and O–H groups in total. The van der Waals surface area contributed by atoms with Gasteiger partial charge in [-0.25, -0.2) is 9.18 Å². The van der Waals surface area contributed by atoms with Crippen molar-refractivity contribution in [2.45, 2.75) is 0 Å². The highest BCUT2D eigenvalue weighted by Crippen LogP contribution is 2.24. The topological polar surface area (TPSA) is 42.2 Å². The zero-order valence-corrected chi connectivity index (χ0v) is 12.3. The maximum atomic E-state index is 14.0. The number of aromatic carboxylic acids is 1. The molecular weight excluding hydrogens is 372 g/mol. The monoisotopic (exact) mass is 381 g/mol. The standard InChI is InChI=1S/C15H9FINO2/c16-12-3-2-11(17)8-14(12)18-6-5-9-7-10(15(19)20)1-4-13(9)18/h1-8H,(H,19,20). The second-order valence-corrected chi connectivity index (χ2v) is 5.61. The van der Waals surface area contributed by atoms with E-state index in [4.69, 9.17) is 5.11 Å². The van der Waals surface area contributed by atoms with E-state index in [1.807, 2.05) is 0 Å². The number of nitrogens with zero attached hydrogens (tertiary/aromatic N) is 1. The number of halogens is 2. The minimum Gasteiger partial charge on any atom is -0.478 e. The molecule has 100 valence electrons. The predicted molar refractivity (Wildman–Crippen MR) is 82.9 cm³/mol. The lowest BCUT2D eigenvalue weighted by molar-refractivity contribution is 0.0697. The minimum atomic E-state index is -0.972. The van der Waals surface area contributed by atoms with Gasteiger partial charge in [-0.2, -0.15) is 0 Å². The summed E-state index contributed by atoms with van der Waals surface area (Å²) in [5, 5.41) is 9.75. The van der Waals surface area contributed by atoms with Gasteiger partial charge in [-0.1, -0.05) is 0 Å². The zero-order chi connectivity index (χ0) is 14.3. The summed E-state index contributed by atoms with van der Waals surface area (Å²) in [5.74, 6) is -1.29. The predicted octanol–water partition coefficient (Wildman–Crippen LogP) is 4.07. The molecule has 0 amide bonds. The maximum Gasteiger partial charge on any atom is 0.335 e. The Bertz CT molecular complexity index is 826. The van der Waals surface area contributed by atoms with E-state index < -0.39 is 5.97 Å². The van der Waals surface area contributed by atoms with Crippen LogP contribution in [0, 0.1) is 9.39 Å². The molecule has 2 aromatic carbocycles. The van der Waals surface area contributed by atoms with E-state index in [0.29, 0.717) is 5.69 Å². The third-order valence-corrected chi connectivity index (χ3v) is 3.78. The van der Waals surface area contributed by atoms with Gasteiger partial charge in [0.15, 0.2) is 0 Å². The fourth-order valence-electron chi connectivity index (χ4n) is 2.16. The number of fused-ring (bicyclic) bond motifs is 1. The number of hydrogen-bond acceptors (Lipinski definition) is 1. The third kappa shape index (κ3) is 2.18. The smallest absolute Gasteiger partial charge is 0.335 e. The number of carboxylic acids is 1. The molecule has 0 radical (unpaired) electrons. The lowest BCUT2D eigenvalue weighted by atomic mass is 10.1. The highest BCUT2D eigenvalue weighted by atomic mass is 127. The Labute approximate surface area is 127 Å². The highest BCUT2D eigenvalue weighted by molar-refractivity contribution is 14.1. The average molecular weight is 381 g/mol. The highest BCUT2D eigenvalue weighted by Gasteiger charge is 2.10. The summed E-state index contributed by atoms with van der Waals surface area (Å²) in [6.45, 7) is 0. The Balaban J connectivity index is 2.22. The lowest BCUT2D eigenvalue weighted by Crippen LogP contribution is -1.98. The average Bonchev–Trinajstić information content (AvgIpc) is 2.84. The van der Waals surface area contributed by atoms with Gasteiger partial charge in [0.05, 0.1) is 16.8 Å². The summed E-state index contributed by atoms with van der Waals surface area (Å²) < 4.78 is 16.6. The van der Waals surface area contributed by atoms with E-state index in [1.165, 1.54) is 12.1 Å². The van der Waals surface area contributed by atoms with Crippen molar-refractivity contribution in [3.8, 4) is 5.69 Å². The first kappa shape index (κ1) is 13.1. The SMILES string of the molecule is O=C(O)c1ccc2c(ccn2-c2cc(I)ccc2F)c1. The van der Waals surface area contributed by atoms with Crippen LogP contribution >= 0.6 is 22.6 Å². The minimum absolute atomic E-state index is 0.221. The van der Waals surface area contributed by atoms with Gasteiger partial charge in [0.1, 0.15) is 5.82 Å². The Kier molecular flexibility index (Phi) is 3.21. The van der Waals surface area contributed by atoms with Crippen LogP contribution in [0.3, 0.4) is 0 Å². The van der Waals surface area contributed by atoms with Crippen LogP contribution in [0.1, 0.15) is 10.4 Å². The maximum absolute atomic E-state index is 14.0. The molecule has 3 aromatic rings. The summed E-state index contributed by atoms with van der Waals surface area (Å²) >= 11 is 2.13. The van der Waals surface area contributed by atoms with Crippen LogP contribution < -0.4 is 0 Å². The van der Waals surface area contributed by atoms with Crippen LogP contribution in [0.5, 0.6) is 0 Å². The quantitative estimate of drug-likeness (QED) is 0.680. The molecule has 0 spiro atoms.